The van der Waals surface area contributed by atoms with Crippen LogP contribution in [0.2, 0.25) is 0 Å². The maximum atomic E-state index is 12.4. The number of aromatic nitrogens is 1. The molecule has 1 heterocycles. The van der Waals surface area contributed by atoms with Gasteiger partial charge in [-0.1, -0.05) is 13.3 Å². The number of hydrogen-bond acceptors (Lipinski definition) is 2. The molecule has 0 saturated heterocycles. The van der Waals surface area contributed by atoms with E-state index in [0.717, 1.165) is 37.9 Å². The summed E-state index contributed by atoms with van der Waals surface area (Å²) < 4.78 is 0. The lowest BCUT2D eigenvalue weighted by Crippen LogP contribution is -2.37. The van der Waals surface area contributed by atoms with Crippen LogP contribution in [0.1, 0.15) is 48.7 Å². The van der Waals surface area contributed by atoms with Crippen molar-refractivity contribution >= 4 is 5.91 Å². The second-order valence-electron chi connectivity index (χ2n) is 4.97. The molecule has 0 radical (unpaired) electrons. The van der Waals surface area contributed by atoms with E-state index < -0.39 is 0 Å². The molecule has 0 aliphatic heterocycles. The molecule has 0 atom stereocenters. The van der Waals surface area contributed by atoms with E-state index in [1.807, 2.05) is 11.8 Å². The van der Waals surface area contributed by atoms with E-state index in [1.165, 1.54) is 0 Å². The standard InChI is InChI=1S/C14H20N2O2/c1-3-4-9-16(11-6-7-11)14(18)12-8-5-10(2)15-13(12)17/h5,8,11H,3-4,6-7,9H2,1-2H3,(H,15,17). The Morgan fingerprint density at radius 1 is 1.44 bits per heavy atom. The zero-order chi connectivity index (χ0) is 13.1. The monoisotopic (exact) mass is 248 g/mol. The van der Waals surface area contributed by atoms with Gasteiger partial charge in [0.2, 0.25) is 0 Å². The predicted molar refractivity (Wildman–Crippen MR) is 70.8 cm³/mol. The Hall–Kier alpha value is -1.58. The highest BCUT2D eigenvalue weighted by molar-refractivity contribution is 5.94. The third kappa shape index (κ3) is 2.81. The Kier molecular flexibility index (Phi) is 3.84. The molecule has 1 aliphatic carbocycles. The molecule has 0 aromatic carbocycles. The maximum absolute atomic E-state index is 12.4. The van der Waals surface area contributed by atoms with E-state index in [4.69, 9.17) is 0 Å². The summed E-state index contributed by atoms with van der Waals surface area (Å²) in [5.74, 6) is -0.118. The number of nitrogens with one attached hydrogen (secondary N) is 1. The first-order valence-electron chi connectivity index (χ1n) is 6.64. The van der Waals surface area contributed by atoms with Gasteiger partial charge in [0, 0.05) is 18.3 Å². The van der Waals surface area contributed by atoms with Crippen molar-refractivity contribution in [3.8, 4) is 0 Å². The highest BCUT2D eigenvalue weighted by Gasteiger charge is 2.33. The number of amides is 1. The summed E-state index contributed by atoms with van der Waals surface area (Å²) in [5.41, 5.74) is 0.772. The van der Waals surface area contributed by atoms with Gasteiger partial charge in [-0.2, -0.15) is 0 Å². The SMILES string of the molecule is CCCCN(C(=O)c1ccc(C)[nH]c1=O)C1CC1. The average Bonchev–Trinajstić information content (AvgIpc) is 3.13. The Balaban J connectivity index is 2.19. The zero-order valence-corrected chi connectivity index (χ0v) is 11.0. The van der Waals surface area contributed by atoms with Gasteiger partial charge in [0.1, 0.15) is 5.56 Å². The van der Waals surface area contributed by atoms with Gasteiger partial charge in [-0.25, -0.2) is 0 Å². The fourth-order valence-electron chi connectivity index (χ4n) is 2.06. The third-order valence-corrected chi connectivity index (χ3v) is 3.29. The fraction of sp³-hybridized carbons (Fsp3) is 0.571. The van der Waals surface area contributed by atoms with Crippen molar-refractivity contribution in [2.75, 3.05) is 6.54 Å². The molecule has 1 saturated carbocycles. The maximum Gasteiger partial charge on any atom is 0.260 e. The van der Waals surface area contributed by atoms with Gasteiger partial charge < -0.3 is 9.88 Å². The molecule has 18 heavy (non-hydrogen) atoms. The summed E-state index contributed by atoms with van der Waals surface area (Å²) in [4.78, 5) is 28.7. The summed E-state index contributed by atoms with van der Waals surface area (Å²) >= 11 is 0. The number of rotatable bonds is 5. The van der Waals surface area contributed by atoms with Crippen molar-refractivity contribution in [2.45, 2.75) is 45.6 Å². The van der Waals surface area contributed by atoms with Gasteiger partial charge in [0.05, 0.1) is 0 Å². The van der Waals surface area contributed by atoms with Gasteiger partial charge in [-0.15, -0.1) is 0 Å². The Morgan fingerprint density at radius 3 is 2.72 bits per heavy atom. The van der Waals surface area contributed by atoms with Crippen molar-refractivity contribution < 1.29 is 4.79 Å². The van der Waals surface area contributed by atoms with Crippen LogP contribution in [0.3, 0.4) is 0 Å². The number of H-pyrrole nitrogens is 1. The van der Waals surface area contributed by atoms with E-state index in [1.54, 1.807) is 12.1 Å². The Bertz CT molecular complexity index is 489. The average molecular weight is 248 g/mol. The number of carbonyl (C=O) groups is 1. The smallest absolute Gasteiger partial charge is 0.260 e. The van der Waals surface area contributed by atoms with E-state index in [2.05, 4.69) is 11.9 Å². The molecular formula is C14H20N2O2. The Labute approximate surface area is 107 Å². The number of nitrogens with zero attached hydrogens (tertiary/aromatic N) is 1. The van der Waals surface area contributed by atoms with E-state index in [-0.39, 0.29) is 17.0 Å². The summed E-state index contributed by atoms with van der Waals surface area (Å²) in [7, 11) is 0. The van der Waals surface area contributed by atoms with Crippen molar-refractivity contribution in [1.29, 1.82) is 0 Å². The van der Waals surface area contributed by atoms with Crippen LogP contribution in [0.15, 0.2) is 16.9 Å². The number of aryl methyl sites for hydroxylation is 1. The number of unbranched alkanes of at least 4 members (excludes halogenated alkanes) is 1. The Morgan fingerprint density at radius 2 is 2.17 bits per heavy atom. The van der Waals surface area contributed by atoms with Crippen molar-refractivity contribution in [3.63, 3.8) is 0 Å². The lowest BCUT2D eigenvalue weighted by molar-refractivity contribution is 0.0739. The van der Waals surface area contributed by atoms with Crippen LogP contribution in [-0.2, 0) is 0 Å². The molecule has 1 aliphatic rings. The minimum atomic E-state index is -0.276. The molecule has 98 valence electrons. The normalized spacial score (nSPS) is 14.6. The summed E-state index contributed by atoms with van der Waals surface area (Å²) in [6.07, 6.45) is 4.19. The molecule has 4 nitrogen and oxygen atoms in total. The van der Waals surface area contributed by atoms with Crippen LogP contribution in [-0.4, -0.2) is 28.4 Å². The van der Waals surface area contributed by atoms with Crippen molar-refractivity contribution in [3.05, 3.63) is 33.7 Å². The van der Waals surface area contributed by atoms with Gasteiger partial charge in [-0.3, -0.25) is 9.59 Å². The lowest BCUT2D eigenvalue weighted by Gasteiger charge is -2.21. The first-order valence-corrected chi connectivity index (χ1v) is 6.64. The van der Waals surface area contributed by atoms with Crippen LogP contribution in [0.25, 0.3) is 0 Å². The number of carbonyl (C=O) groups excluding carboxylic acids is 1. The zero-order valence-electron chi connectivity index (χ0n) is 11.0. The molecule has 1 N–H and O–H groups in total. The molecule has 1 aromatic rings. The third-order valence-electron chi connectivity index (χ3n) is 3.29. The number of aromatic amines is 1. The molecular weight excluding hydrogens is 228 g/mol. The lowest BCUT2D eigenvalue weighted by atomic mass is 10.2. The largest absolute Gasteiger partial charge is 0.335 e. The quantitative estimate of drug-likeness (QED) is 0.867. The van der Waals surface area contributed by atoms with Crippen LogP contribution in [0, 0.1) is 6.92 Å². The molecule has 1 fully saturated rings. The fourth-order valence-corrected chi connectivity index (χ4v) is 2.06. The molecule has 0 spiro atoms. The molecule has 0 unspecified atom stereocenters. The van der Waals surface area contributed by atoms with Crippen LogP contribution >= 0.6 is 0 Å². The van der Waals surface area contributed by atoms with Gasteiger partial charge in [0.25, 0.3) is 11.5 Å². The molecule has 1 amide bonds. The molecule has 1 aromatic heterocycles. The summed E-state index contributed by atoms with van der Waals surface area (Å²) in [6.45, 7) is 4.67. The van der Waals surface area contributed by atoms with E-state index in [0.29, 0.717) is 6.04 Å². The van der Waals surface area contributed by atoms with E-state index in [9.17, 15) is 9.59 Å². The molecule has 4 heteroatoms. The van der Waals surface area contributed by atoms with Gasteiger partial charge in [0.15, 0.2) is 0 Å². The molecule has 0 bridgehead atoms. The minimum absolute atomic E-state index is 0.118. The minimum Gasteiger partial charge on any atom is -0.335 e. The predicted octanol–water partition coefficient (Wildman–Crippen LogP) is 2.09. The van der Waals surface area contributed by atoms with Crippen LogP contribution in [0.4, 0.5) is 0 Å². The first-order chi connectivity index (χ1) is 8.63. The second-order valence-corrected chi connectivity index (χ2v) is 4.97. The number of hydrogen-bond donors (Lipinski definition) is 1. The highest BCUT2D eigenvalue weighted by Crippen LogP contribution is 2.28. The van der Waals surface area contributed by atoms with Crippen molar-refractivity contribution in [2.24, 2.45) is 0 Å². The first kappa shape index (κ1) is 12.9. The van der Waals surface area contributed by atoms with Crippen LogP contribution < -0.4 is 5.56 Å². The van der Waals surface area contributed by atoms with Crippen molar-refractivity contribution in [1.82, 2.24) is 9.88 Å². The van der Waals surface area contributed by atoms with Gasteiger partial charge >= 0.3 is 0 Å². The van der Waals surface area contributed by atoms with Gasteiger partial charge in [-0.05, 0) is 38.3 Å². The second kappa shape index (κ2) is 5.38. The van der Waals surface area contributed by atoms with E-state index >= 15 is 0 Å². The summed E-state index contributed by atoms with van der Waals surface area (Å²) in [6, 6.07) is 3.77. The summed E-state index contributed by atoms with van der Waals surface area (Å²) in [5, 5.41) is 0. The highest BCUT2D eigenvalue weighted by atomic mass is 16.2. The topological polar surface area (TPSA) is 53.2 Å². The molecule has 2 rings (SSSR count). The van der Waals surface area contributed by atoms with Crippen LogP contribution in [0.5, 0.6) is 0 Å². The number of pyridine rings is 1.